The maximum absolute atomic E-state index is 2.40. The van der Waals surface area contributed by atoms with Gasteiger partial charge in [-0.05, 0) is 96.0 Å². The number of thiophene rings is 2. The van der Waals surface area contributed by atoms with Gasteiger partial charge in [0, 0.05) is 40.3 Å². The molecule has 0 amide bonds. The van der Waals surface area contributed by atoms with E-state index in [0.29, 0.717) is 0 Å². The highest BCUT2D eigenvalue weighted by Crippen LogP contribution is 2.47. The van der Waals surface area contributed by atoms with Crippen molar-refractivity contribution < 1.29 is 0 Å². The van der Waals surface area contributed by atoms with Gasteiger partial charge in [-0.1, -0.05) is 140 Å². The van der Waals surface area contributed by atoms with Crippen molar-refractivity contribution in [2.75, 3.05) is 0 Å². The summed E-state index contributed by atoms with van der Waals surface area (Å²) in [6, 6.07) is 63.0. The summed E-state index contributed by atoms with van der Waals surface area (Å²) < 4.78 is 5.40. The molecule has 2 heterocycles. The van der Waals surface area contributed by atoms with E-state index >= 15 is 0 Å². The molecule has 0 nitrogen and oxygen atoms in total. The largest absolute Gasteiger partial charge is 0.135 e. The van der Waals surface area contributed by atoms with Crippen LogP contribution in [0.1, 0.15) is 0 Å². The zero-order chi connectivity index (χ0) is 32.8. The molecule has 0 fully saturated rings. The molecule has 0 spiro atoms. The van der Waals surface area contributed by atoms with Crippen molar-refractivity contribution in [3.8, 4) is 33.4 Å². The SMILES string of the molecule is c1cc(-c2ccc3c(c2)sc2ccc4sc5ccccc5c4c23)cc(-c2c3ccccc3c(-c3cccc4ccccc34)c3ccccc23)c1. The molecule has 11 aromatic rings. The van der Waals surface area contributed by atoms with E-state index in [-0.39, 0.29) is 0 Å². The van der Waals surface area contributed by atoms with Crippen LogP contribution in [-0.4, -0.2) is 0 Å². The van der Waals surface area contributed by atoms with Gasteiger partial charge in [0.15, 0.2) is 0 Å². The lowest BCUT2D eigenvalue weighted by atomic mass is 9.84. The average molecular weight is 669 g/mol. The Morgan fingerprint density at radius 1 is 0.280 bits per heavy atom. The second kappa shape index (κ2) is 10.9. The minimum Gasteiger partial charge on any atom is -0.135 e. The Balaban J connectivity index is 1.12. The summed E-state index contributed by atoms with van der Waals surface area (Å²) in [5.74, 6) is 0. The molecule has 11 rings (SSSR count). The molecule has 0 aliphatic rings. The molecular formula is C48H28S2. The van der Waals surface area contributed by atoms with Gasteiger partial charge in [-0.3, -0.25) is 0 Å². The van der Waals surface area contributed by atoms with Gasteiger partial charge in [0.25, 0.3) is 0 Å². The molecule has 0 bridgehead atoms. The first-order valence-electron chi connectivity index (χ1n) is 17.1. The summed E-state index contributed by atoms with van der Waals surface area (Å²) in [5, 5.41) is 13.2. The van der Waals surface area contributed by atoms with E-state index in [9.17, 15) is 0 Å². The van der Waals surface area contributed by atoms with E-state index in [1.807, 2.05) is 22.7 Å². The quantitative estimate of drug-likeness (QED) is 0.164. The fourth-order valence-electron chi connectivity index (χ4n) is 8.29. The first kappa shape index (κ1) is 28.1. The fourth-order valence-corrected chi connectivity index (χ4v) is 10.6. The lowest BCUT2D eigenvalue weighted by Crippen LogP contribution is -1.92. The summed E-state index contributed by atoms with van der Waals surface area (Å²) in [5.41, 5.74) is 7.59. The van der Waals surface area contributed by atoms with Crippen LogP contribution < -0.4 is 0 Å². The van der Waals surface area contributed by atoms with Crippen molar-refractivity contribution in [1.82, 2.24) is 0 Å². The first-order valence-corrected chi connectivity index (χ1v) is 18.7. The molecule has 2 heteroatoms. The Bertz CT molecular complexity index is 3090. The Morgan fingerprint density at radius 3 is 1.54 bits per heavy atom. The number of hydrogen-bond acceptors (Lipinski definition) is 2. The molecule has 0 aliphatic heterocycles. The van der Waals surface area contributed by atoms with Crippen molar-refractivity contribution in [2.24, 2.45) is 0 Å². The topological polar surface area (TPSA) is 0 Å². The second-order valence-corrected chi connectivity index (χ2v) is 15.3. The number of benzene rings is 9. The van der Waals surface area contributed by atoms with Crippen LogP contribution in [0.5, 0.6) is 0 Å². The Labute approximate surface area is 297 Å². The molecule has 0 saturated heterocycles. The van der Waals surface area contributed by atoms with Gasteiger partial charge < -0.3 is 0 Å². The summed E-state index contributed by atoms with van der Waals surface area (Å²) >= 11 is 3.80. The van der Waals surface area contributed by atoms with Crippen LogP contribution in [0.2, 0.25) is 0 Å². The molecule has 232 valence electrons. The van der Waals surface area contributed by atoms with Crippen LogP contribution in [0.25, 0.3) is 106 Å². The first-order chi connectivity index (χ1) is 24.8. The van der Waals surface area contributed by atoms with Gasteiger partial charge >= 0.3 is 0 Å². The fraction of sp³-hybridized carbons (Fsp3) is 0. The number of hydrogen-bond donors (Lipinski definition) is 0. The lowest BCUT2D eigenvalue weighted by Gasteiger charge is -2.19. The Hall–Kier alpha value is -5.80. The maximum Gasteiger partial charge on any atom is 0.0362 e. The summed E-state index contributed by atoms with van der Waals surface area (Å²) in [7, 11) is 0. The lowest BCUT2D eigenvalue weighted by molar-refractivity contribution is 1.63. The number of fused-ring (bicyclic) bond motifs is 10. The van der Waals surface area contributed by atoms with E-state index in [4.69, 9.17) is 0 Å². The predicted octanol–water partition coefficient (Wildman–Crippen LogP) is 14.9. The van der Waals surface area contributed by atoms with E-state index < -0.39 is 0 Å². The standard InChI is InChI=1S/C48H28S2/c1-2-15-33-29(11-1)12-10-21-34(33)46-37-18-5-3-16-35(37)45(36-17-4-6-19-38(36)46)32-14-9-13-30(27-32)31-23-24-40-44(28-31)50-43-26-25-42-47(48(40)43)39-20-7-8-22-41(39)49-42/h1-28H. The second-order valence-electron chi connectivity index (χ2n) is 13.2. The third-order valence-electron chi connectivity index (χ3n) is 10.5. The van der Waals surface area contributed by atoms with Crippen LogP contribution in [0, 0.1) is 0 Å². The molecule has 0 saturated carbocycles. The minimum atomic E-state index is 1.24. The molecule has 0 atom stereocenters. The number of rotatable bonds is 3. The Kier molecular flexibility index (Phi) is 6.09. The van der Waals surface area contributed by atoms with E-state index in [1.54, 1.807) is 0 Å². The average Bonchev–Trinajstić information content (AvgIpc) is 3.74. The van der Waals surface area contributed by atoms with Gasteiger partial charge in [0.1, 0.15) is 0 Å². The van der Waals surface area contributed by atoms with E-state index in [1.165, 1.54) is 106 Å². The molecule has 2 aromatic heterocycles. The van der Waals surface area contributed by atoms with E-state index in [0.717, 1.165) is 0 Å². The normalized spacial score (nSPS) is 12.0. The minimum absolute atomic E-state index is 1.24. The molecule has 0 N–H and O–H groups in total. The molecule has 50 heavy (non-hydrogen) atoms. The van der Waals surface area contributed by atoms with Gasteiger partial charge in [-0.2, -0.15) is 0 Å². The molecule has 0 aliphatic carbocycles. The van der Waals surface area contributed by atoms with Crippen LogP contribution in [0.3, 0.4) is 0 Å². The third kappa shape index (κ3) is 4.10. The van der Waals surface area contributed by atoms with E-state index in [2.05, 4.69) is 170 Å². The zero-order valence-electron chi connectivity index (χ0n) is 27.0. The van der Waals surface area contributed by atoms with Gasteiger partial charge in [0.05, 0.1) is 0 Å². The summed E-state index contributed by atoms with van der Waals surface area (Å²) in [6.45, 7) is 0. The van der Waals surface area contributed by atoms with Crippen molar-refractivity contribution in [1.29, 1.82) is 0 Å². The summed E-state index contributed by atoms with van der Waals surface area (Å²) in [4.78, 5) is 0. The van der Waals surface area contributed by atoms with Gasteiger partial charge in [-0.15, -0.1) is 22.7 Å². The molecule has 0 unspecified atom stereocenters. The highest BCUT2D eigenvalue weighted by atomic mass is 32.1. The van der Waals surface area contributed by atoms with Crippen LogP contribution in [-0.2, 0) is 0 Å². The Morgan fingerprint density at radius 2 is 0.800 bits per heavy atom. The van der Waals surface area contributed by atoms with Gasteiger partial charge in [0.2, 0.25) is 0 Å². The van der Waals surface area contributed by atoms with Crippen LogP contribution in [0.4, 0.5) is 0 Å². The highest BCUT2D eigenvalue weighted by molar-refractivity contribution is 7.28. The van der Waals surface area contributed by atoms with Crippen molar-refractivity contribution >= 4 is 95.3 Å². The third-order valence-corrected chi connectivity index (χ3v) is 12.7. The van der Waals surface area contributed by atoms with Crippen molar-refractivity contribution in [2.45, 2.75) is 0 Å². The molecule has 0 radical (unpaired) electrons. The van der Waals surface area contributed by atoms with Gasteiger partial charge in [-0.25, -0.2) is 0 Å². The maximum atomic E-state index is 2.40. The molecular weight excluding hydrogens is 641 g/mol. The monoisotopic (exact) mass is 668 g/mol. The highest BCUT2D eigenvalue weighted by Gasteiger charge is 2.19. The van der Waals surface area contributed by atoms with Crippen LogP contribution in [0.15, 0.2) is 170 Å². The van der Waals surface area contributed by atoms with Crippen molar-refractivity contribution in [3.63, 3.8) is 0 Å². The predicted molar refractivity (Wildman–Crippen MR) is 221 cm³/mol. The zero-order valence-corrected chi connectivity index (χ0v) is 28.6. The van der Waals surface area contributed by atoms with Crippen molar-refractivity contribution in [3.05, 3.63) is 170 Å². The summed E-state index contributed by atoms with van der Waals surface area (Å²) in [6.07, 6.45) is 0. The molecule has 9 aromatic carbocycles. The van der Waals surface area contributed by atoms with Crippen LogP contribution >= 0.6 is 22.7 Å². The smallest absolute Gasteiger partial charge is 0.0362 e.